The van der Waals surface area contributed by atoms with Gasteiger partial charge in [-0.25, -0.2) is 0 Å². The highest BCUT2D eigenvalue weighted by Gasteiger charge is 2.15. The van der Waals surface area contributed by atoms with Crippen LogP contribution in [0.5, 0.6) is 11.5 Å². The molecular weight excluding hydrogens is 232 g/mol. The van der Waals surface area contributed by atoms with Gasteiger partial charge in [-0.3, -0.25) is 4.79 Å². The van der Waals surface area contributed by atoms with Gasteiger partial charge in [-0.15, -0.1) is 0 Å². The molecule has 0 aliphatic carbocycles. The van der Waals surface area contributed by atoms with Crippen molar-refractivity contribution in [1.82, 2.24) is 5.32 Å². The highest BCUT2D eigenvalue weighted by atomic mass is 16.7. The molecule has 0 aromatic heterocycles. The molecule has 0 saturated carbocycles. The number of hydrogen-bond donors (Lipinski definition) is 2. The van der Waals surface area contributed by atoms with Crippen molar-refractivity contribution in [2.45, 2.75) is 6.42 Å². The molecular formula is C13H19N2O3+. The third-order valence-electron chi connectivity index (χ3n) is 2.77. The van der Waals surface area contributed by atoms with E-state index in [1.807, 2.05) is 0 Å². The predicted molar refractivity (Wildman–Crippen MR) is 67.2 cm³/mol. The van der Waals surface area contributed by atoms with E-state index in [2.05, 4.69) is 19.4 Å². The van der Waals surface area contributed by atoms with Crippen LogP contribution in [0.4, 0.5) is 0 Å². The zero-order valence-electron chi connectivity index (χ0n) is 10.8. The van der Waals surface area contributed by atoms with Crippen molar-refractivity contribution in [3.05, 3.63) is 23.8 Å². The molecule has 0 radical (unpaired) electrons. The van der Waals surface area contributed by atoms with Crippen molar-refractivity contribution in [3.8, 4) is 11.5 Å². The first-order valence-electron chi connectivity index (χ1n) is 6.13. The van der Waals surface area contributed by atoms with Crippen LogP contribution >= 0.6 is 0 Å². The lowest BCUT2D eigenvalue weighted by Crippen LogP contribution is -3.05. The molecule has 2 rings (SSSR count). The fourth-order valence-corrected chi connectivity index (χ4v) is 1.78. The van der Waals surface area contributed by atoms with E-state index in [0.29, 0.717) is 23.6 Å². The highest BCUT2D eigenvalue weighted by molar-refractivity contribution is 5.94. The number of quaternary nitrogens is 1. The third-order valence-corrected chi connectivity index (χ3v) is 2.77. The minimum Gasteiger partial charge on any atom is -0.454 e. The van der Waals surface area contributed by atoms with Gasteiger partial charge >= 0.3 is 0 Å². The summed E-state index contributed by atoms with van der Waals surface area (Å²) < 4.78 is 10.4. The number of nitrogens with one attached hydrogen (secondary N) is 2. The standard InChI is InChI=1S/C13H18N2O3/c1-15(2)7-3-6-14-13(16)10-4-5-11-12(8-10)18-9-17-11/h4-5,8H,3,6-7,9H2,1-2H3,(H,14,16)/p+1. The molecule has 0 bridgehead atoms. The van der Waals surface area contributed by atoms with Crippen LogP contribution in [0.15, 0.2) is 18.2 Å². The van der Waals surface area contributed by atoms with Crippen LogP contribution in [-0.4, -0.2) is 39.9 Å². The number of carbonyl (C=O) groups excluding carboxylic acids is 1. The summed E-state index contributed by atoms with van der Waals surface area (Å²) in [5, 5.41) is 2.90. The van der Waals surface area contributed by atoms with Crippen molar-refractivity contribution in [1.29, 1.82) is 0 Å². The van der Waals surface area contributed by atoms with E-state index in [-0.39, 0.29) is 12.7 Å². The number of fused-ring (bicyclic) bond motifs is 1. The predicted octanol–water partition coefficient (Wildman–Crippen LogP) is -0.320. The molecule has 0 unspecified atom stereocenters. The van der Waals surface area contributed by atoms with Gasteiger partial charge in [0.1, 0.15) is 0 Å². The molecule has 0 atom stereocenters. The Bertz CT molecular complexity index is 432. The van der Waals surface area contributed by atoms with Crippen LogP contribution < -0.4 is 19.7 Å². The van der Waals surface area contributed by atoms with E-state index < -0.39 is 0 Å². The van der Waals surface area contributed by atoms with E-state index in [9.17, 15) is 4.79 Å². The Morgan fingerprint density at radius 1 is 1.33 bits per heavy atom. The lowest BCUT2D eigenvalue weighted by molar-refractivity contribution is -0.858. The smallest absolute Gasteiger partial charge is 0.251 e. The van der Waals surface area contributed by atoms with Gasteiger partial charge in [-0.2, -0.15) is 0 Å². The second kappa shape index (κ2) is 5.73. The second-order valence-corrected chi connectivity index (χ2v) is 4.63. The minimum absolute atomic E-state index is 0.0675. The molecule has 18 heavy (non-hydrogen) atoms. The van der Waals surface area contributed by atoms with Gasteiger partial charge < -0.3 is 19.7 Å². The van der Waals surface area contributed by atoms with Crippen molar-refractivity contribution >= 4 is 5.91 Å². The van der Waals surface area contributed by atoms with E-state index in [4.69, 9.17) is 9.47 Å². The summed E-state index contributed by atoms with van der Waals surface area (Å²) in [5.74, 6) is 1.27. The third kappa shape index (κ3) is 3.13. The molecule has 1 amide bonds. The van der Waals surface area contributed by atoms with Crippen LogP contribution in [0.1, 0.15) is 16.8 Å². The first-order chi connectivity index (χ1) is 8.66. The summed E-state index contributed by atoms with van der Waals surface area (Å²) in [5.41, 5.74) is 0.608. The quantitative estimate of drug-likeness (QED) is 0.705. The monoisotopic (exact) mass is 251 g/mol. The van der Waals surface area contributed by atoms with E-state index in [1.165, 1.54) is 4.90 Å². The number of benzene rings is 1. The molecule has 0 fully saturated rings. The zero-order valence-corrected chi connectivity index (χ0v) is 10.8. The van der Waals surface area contributed by atoms with Gasteiger partial charge in [0.15, 0.2) is 11.5 Å². The molecule has 0 spiro atoms. The van der Waals surface area contributed by atoms with Crippen molar-refractivity contribution in [2.75, 3.05) is 34.0 Å². The Morgan fingerprint density at radius 2 is 2.11 bits per heavy atom. The molecule has 1 aromatic carbocycles. The summed E-state index contributed by atoms with van der Waals surface area (Å²) in [6.07, 6.45) is 0.971. The molecule has 98 valence electrons. The summed E-state index contributed by atoms with van der Waals surface area (Å²) in [6.45, 7) is 1.96. The van der Waals surface area contributed by atoms with Crippen LogP contribution in [0.2, 0.25) is 0 Å². The average Bonchev–Trinajstić information content (AvgIpc) is 2.81. The number of carbonyl (C=O) groups is 1. The molecule has 2 N–H and O–H groups in total. The molecule has 1 aromatic rings. The summed E-state index contributed by atoms with van der Waals surface area (Å²) in [6, 6.07) is 5.23. The Hall–Kier alpha value is -1.75. The first kappa shape index (κ1) is 12.7. The Kier molecular flexibility index (Phi) is 4.04. The Morgan fingerprint density at radius 3 is 2.89 bits per heavy atom. The van der Waals surface area contributed by atoms with Crippen LogP contribution in [0, 0.1) is 0 Å². The zero-order chi connectivity index (χ0) is 13.0. The van der Waals surface area contributed by atoms with Gasteiger partial charge in [0.25, 0.3) is 5.91 Å². The van der Waals surface area contributed by atoms with Crippen LogP contribution in [0.25, 0.3) is 0 Å². The molecule has 1 aliphatic heterocycles. The molecule has 1 aliphatic rings. The van der Waals surface area contributed by atoms with Gasteiger partial charge in [0.2, 0.25) is 6.79 Å². The summed E-state index contributed by atoms with van der Waals surface area (Å²) >= 11 is 0. The van der Waals surface area contributed by atoms with Crippen LogP contribution in [-0.2, 0) is 0 Å². The van der Waals surface area contributed by atoms with Gasteiger partial charge in [-0.05, 0) is 18.2 Å². The number of ether oxygens (including phenoxy) is 2. The SMILES string of the molecule is C[NH+](C)CCCNC(=O)c1ccc2c(c1)OCO2. The number of amides is 1. The Balaban J connectivity index is 1.85. The first-order valence-corrected chi connectivity index (χ1v) is 6.13. The largest absolute Gasteiger partial charge is 0.454 e. The van der Waals surface area contributed by atoms with Crippen molar-refractivity contribution < 1.29 is 19.2 Å². The molecule has 5 nitrogen and oxygen atoms in total. The number of hydrogen-bond acceptors (Lipinski definition) is 3. The van der Waals surface area contributed by atoms with E-state index in [0.717, 1.165) is 13.0 Å². The normalized spacial score (nSPS) is 12.8. The number of rotatable bonds is 5. The summed E-state index contributed by atoms with van der Waals surface area (Å²) in [7, 11) is 4.19. The highest BCUT2D eigenvalue weighted by Crippen LogP contribution is 2.32. The lowest BCUT2D eigenvalue weighted by Gasteiger charge is -2.08. The maximum atomic E-state index is 11.9. The fraction of sp³-hybridized carbons (Fsp3) is 0.462. The van der Waals surface area contributed by atoms with E-state index >= 15 is 0 Å². The van der Waals surface area contributed by atoms with Gasteiger partial charge in [0.05, 0.1) is 20.6 Å². The topological polar surface area (TPSA) is 52.0 Å². The van der Waals surface area contributed by atoms with Gasteiger partial charge in [-0.1, -0.05) is 0 Å². The van der Waals surface area contributed by atoms with Crippen molar-refractivity contribution in [2.24, 2.45) is 0 Å². The lowest BCUT2D eigenvalue weighted by atomic mass is 10.2. The maximum Gasteiger partial charge on any atom is 0.251 e. The van der Waals surface area contributed by atoms with Crippen molar-refractivity contribution in [3.63, 3.8) is 0 Å². The molecule has 0 saturated heterocycles. The van der Waals surface area contributed by atoms with Gasteiger partial charge in [0, 0.05) is 18.5 Å². The molecule has 1 heterocycles. The Labute approximate surface area is 107 Å². The second-order valence-electron chi connectivity index (χ2n) is 4.63. The fourth-order valence-electron chi connectivity index (χ4n) is 1.78. The molecule has 5 heteroatoms. The van der Waals surface area contributed by atoms with Crippen LogP contribution in [0.3, 0.4) is 0 Å². The maximum absolute atomic E-state index is 11.9. The van der Waals surface area contributed by atoms with E-state index in [1.54, 1.807) is 18.2 Å². The average molecular weight is 251 g/mol. The summed E-state index contributed by atoms with van der Waals surface area (Å²) in [4.78, 5) is 13.3. The minimum atomic E-state index is -0.0675.